The van der Waals surface area contributed by atoms with Crippen LogP contribution in [0, 0.1) is 11.3 Å². The molecule has 6 atom stereocenters. The number of methoxy groups -OCH3 is 2. The third-order valence-electron chi connectivity index (χ3n) is 8.77. The molecule has 1 saturated heterocycles. The van der Waals surface area contributed by atoms with Crippen LogP contribution in [0.15, 0.2) is 24.3 Å². The van der Waals surface area contributed by atoms with Gasteiger partial charge in [0.1, 0.15) is 17.5 Å². The number of likely N-dealkylation sites (tertiary alicyclic amines) is 1. The SMILES string of the molecule is COc1ccc2c3c1O[C@H]1[C@@]4(OC)C=C[C@@]5(C[C@@H]4C(C)=O)[C@@H](C2)N(C)CC[C@]315. The Balaban J connectivity index is 1.72. The molecule has 7 rings (SSSR count). The monoisotopic (exact) mass is 381 g/mol. The van der Waals surface area contributed by atoms with Gasteiger partial charge in [0.05, 0.1) is 18.4 Å². The molecule has 2 heterocycles. The lowest BCUT2D eigenvalue weighted by molar-refractivity contribution is -0.212. The number of fused-ring (bicyclic) bond motifs is 1. The zero-order valence-electron chi connectivity index (χ0n) is 17.0. The summed E-state index contributed by atoms with van der Waals surface area (Å²) < 4.78 is 18.7. The minimum Gasteiger partial charge on any atom is -0.493 e. The standard InChI is InChI=1S/C23H27NO4/c1-13(25)15-12-21-7-8-23(15,27-4)20-22(21)9-10-24(2)17(21)11-14-5-6-16(26-3)19(28-20)18(14)22/h5-8,15,17,20H,9-12H2,1-4H3/t15-,17-,20-,21-,22+,23-/m1/s1. The lowest BCUT2D eigenvalue weighted by Gasteiger charge is -2.70. The molecule has 0 aromatic heterocycles. The fourth-order valence-corrected chi connectivity index (χ4v) is 7.67. The molecule has 0 amide bonds. The second-order valence-corrected chi connectivity index (χ2v) is 9.35. The highest BCUT2D eigenvalue weighted by molar-refractivity contribution is 5.82. The van der Waals surface area contributed by atoms with Crippen molar-refractivity contribution in [1.82, 2.24) is 4.90 Å². The Hall–Kier alpha value is -1.85. The normalized spacial score (nSPS) is 44.2. The minimum atomic E-state index is -0.716. The molecule has 1 saturated carbocycles. The van der Waals surface area contributed by atoms with Crippen molar-refractivity contribution in [3.63, 3.8) is 0 Å². The largest absolute Gasteiger partial charge is 0.493 e. The second-order valence-electron chi connectivity index (χ2n) is 9.35. The van der Waals surface area contributed by atoms with Gasteiger partial charge in [-0.3, -0.25) is 4.79 Å². The summed E-state index contributed by atoms with van der Waals surface area (Å²) in [5, 5.41) is 0. The lowest BCUT2D eigenvalue weighted by atomic mass is 9.37. The summed E-state index contributed by atoms with van der Waals surface area (Å²) in [4.78, 5) is 15.3. The maximum atomic E-state index is 12.8. The minimum absolute atomic E-state index is 0.105. The zero-order valence-corrected chi connectivity index (χ0v) is 17.0. The number of hydrogen-bond donors (Lipinski definition) is 0. The van der Waals surface area contributed by atoms with Gasteiger partial charge in [-0.1, -0.05) is 18.2 Å². The van der Waals surface area contributed by atoms with Crippen LogP contribution in [0.3, 0.4) is 0 Å². The van der Waals surface area contributed by atoms with Crippen LogP contribution in [0.1, 0.15) is 30.9 Å². The van der Waals surface area contributed by atoms with Gasteiger partial charge in [0.15, 0.2) is 11.5 Å². The van der Waals surface area contributed by atoms with E-state index in [9.17, 15) is 4.79 Å². The molecular weight excluding hydrogens is 354 g/mol. The molecule has 4 bridgehead atoms. The molecule has 5 nitrogen and oxygen atoms in total. The molecule has 0 unspecified atom stereocenters. The maximum Gasteiger partial charge on any atom is 0.166 e. The molecule has 2 aliphatic heterocycles. The van der Waals surface area contributed by atoms with Crippen molar-refractivity contribution in [3.8, 4) is 11.5 Å². The average Bonchev–Trinajstić information content (AvgIpc) is 3.07. The molecule has 28 heavy (non-hydrogen) atoms. The number of carbonyl (C=O) groups is 1. The molecule has 2 fully saturated rings. The predicted octanol–water partition coefficient (Wildman–Crippen LogP) is 2.50. The molecule has 148 valence electrons. The van der Waals surface area contributed by atoms with Crippen molar-refractivity contribution < 1.29 is 19.0 Å². The van der Waals surface area contributed by atoms with Crippen molar-refractivity contribution >= 4 is 5.78 Å². The van der Waals surface area contributed by atoms with E-state index in [0.717, 1.165) is 37.3 Å². The molecule has 1 aromatic carbocycles. The highest BCUT2D eigenvalue weighted by Gasteiger charge is 2.79. The van der Waals surface area contributed by atoms with E-state index >= 15 is 0 Å². The molecule has 5 heteroatoms. The van der Waals surface area contributed by atoms with E-state index in [-0.39, 0.29) is 28.6 Å². The van der Waals surface area contributed by atoms with Crippen molar-refractivity contribution in [1.29, 1.82) is 0 Å². The van der Waals surface area contributed by atoms with Crippen LogP contribution in [-0.2, 0) is 21.4 Å². The van der Waals surface area contributed by atoms with Crippen molar-refractivity contribution in [2.24, 2.45) is 11.3 Å². The van der Waals surface area contributed by atoms with Crippen LogP contribution in [-0.4, -0.2) is 56.2 Å². The van der Waals surface area contributed by atoms with Gasteiger partial charge in [-0.15, -0.1) is 0 Å². The number of ether oxygens (including phenoxy) is 3. The topological polar surface area (TPSA) is 48.0 Å². The van der Waals surface area contributed by atoms with Crippen LogP contribution in [0.4, 0.5) is 0 Å². The van der Waals surface area contributed by atoms with Gasteiger partial charge in [0.2, 0.25) is 0 Å². The fourth-order valence-electron chi connectivity index (χ4n) is 7.67. The predicted molar refractivity (Wildman–Crippen MR) is 104 cm³/mol. The third-order valence-corrected chi connectivity index (χ3v) is 8.77. The van der Waals surface area contributed by atoms with Gasteiger partial charge in [-0.25, -0.2) is 0 Å². The van der Waals surface area contributed by atoms with Gasteiger partial charge in [0.25, 0.3) is 0 Å². The van der Waals surface area contributed by atoms with E-state index < -0.39 is 5.60 Å². The highest BCUT2D eigenvalue weighted by Crippen LogP contribution is 2.74. The summed E-state index contributed by atoms with van der Waals surface area (Å²) in [6.07, 6.45) is 7.19. The Labute approximate surface area is 165 Å². The van der Waals surface area contributed by atoms with E-state index in [4.69, 9.17) is 14.2 Å². The first-order chi connectivity index (χ1) is 13.4. The van der Waals surface area contributed by atoms with E-state index in [2.05, 4.69) is 30.2 Å². The van der Waals surface area contributed by atoms with Crippen molar-refractivity contribution in [3.05, 3.63) is 35.4 Å². The van der Waals surface area contributed by atoms with Crippen LogP contribution < -0.4 is 9.47 Å². The smallest absolute Gasteiger partial charge is 0.166 e. The maximum absolute atomic E-state index is 12.8. The van der Waals surface area contributed by atoms with Crippen molar-refractivity contribution in [2.45, 2.75) is 49.3 Å². The highest BCUT2D eigenvalue weighted by atomic mass is 16.6. The third kappa shape index (κ3) is 1.49. The summed E-state index contributed by atoms with van der Waals surface area (Å²) in [6.45, 7) is 2.74. The van der Waals surface area contributed by atoms with Gasteiger partial charge < -0.3 is 19.1 Å². The Morgan fingerprint density at radius 2 is 2.11 bits per heavy atom. The van der Waals surface area contributed by atoms with E-state index in [1.54, 1.807) is 21.1 Å². The van der Waals surface area contributed by atoms with Gasteiger partial charge in [-0.05, 0) is 51.4 Å². The Morgan fingerprint density at radius 1 is 1.29 bits per heavy atom. The first-order valence-electron chi connectivity index (χ1n) is 10.3. The Kier molecular flexibility index (Phi) is 3.05. The lowest BCUT2D eigenvalue weighted by Crippen LogP contribution is -2.79. The number of carbonyl (C=O) groups excluding carboxylic acids is 1. The summed E-state index contributed by atoms with van der Waals surface area (Å²) in [5.74, 6) is 1.68. The first-order valence-corrected chi connectivity index (χ1v) is 10.3. The molecule has 0 radical (unpaired) electrons. The molecule has 6 aliphatic rings. The quantitative estimate of drug-likeness (QED) is 0.753. The first kappa shape index (κ1) is 17.0. The number of ketones is 1. The number of Topliss-reactive ketones (excluding diaryl/α,β-unsaturated/α-hetero) is 1. The number of benzene rings is 1. The van der Waals surface area contributed by atoms with E-state index in [1.807, 2.05) is 6.07 Å². The van der Waals surface area contributed by atoms with Crippen molar-refractivity contribution in [2.75, 3.05) is 27.8 Å². The number of likely N-dealkylation sites (N-methyl/N-ethyl adjacent to an activating group) is 1. The molecule has 4 aliphatic carbocycles. The number of piperidine rings is 1. The molecule has 2 spiro atoms. The van der Waals surface area contributed by atoms with E-state index in [0.29, 0.717) is 6.04 Å². The van der Waals surface area contributed by atoms with E-state index in [1.165, 1.54) is 11.1 Å². The summed E-state index contributed by atoms with van der Waals surface area (Å²) in [7, 11) is 5.67. The van der Waals surface area contributed by atoms with Crippen LogP contribution in [0.5, 0.6) is 11.5 Å². The number of hydrogen-bond acceptors (Lipinski definition) is 5. The van der Waals surface area contributed by atoms with Gasteiger partial charge in [0, 0.05) is 24.1 Å². The van der Waals surface area contributed by atoms with Crippen LogP contribution in [0.2, 0.25) is 0 Å². The number of nitrogens with zero attached hydrogens (tertiary/aromatic N) is 1. The van der Waals surface area contributed by atoms with Crippen LogP contribution in [0.25, 0.3) is 0 Å². The van der Waals surface area contributed by atoms with Crippen LogP contribution >= 0.6 is 0 Å². The Morgan fingerprint density at radius 3 is 2.82 bits per heavy atom. The zero-order chi connectivity index (χ0) is 19.5. The van der Waals surface area contributed by atoms with Gasteiger partial charge >= 0.3 is 0 Å². The summed E-state index contributed by atoms with van der Waals surface area (Å²) >= 11 is 0. The molecule has 0 N–H and O–H groups in total. The van der Waals surface area contributed by atoms with Gasteiger partial charge in [-0.2, -0.15) is 0 Å². The number of rotatable bonds is 3. The average molecular weight is 381 g/mol. The Bertz CT molecular complexity index is 941. The molecule has 1 aromatic rings. The summed E-state index contributed by atoms with van der Waals surface area (Å²) in [5.41, 5.74) is 1.72. The fraction of sp³-hybridized carbons (Fsp3) is 0.609. The summed E-state index contributed by atoms with van der Waals surface area (Å²) in [6, 6.07) is 4.62. The second kappa shape index (κ2) is 5.00. The molecular formula is C23H27NO4.